The monoisotopic (exact) mass is 423 g/mol. The van der Waals surface area contributed by atoms with Crippen LogP contribution in [0.1, 0.15) is 24.6 Å². The topological polar surface area (TPSA) is 80.6 Å². The Balaban J connectivity index is 1.25. The van der Waals surface area contributed by atoms with E-state index in [1.165, 1.54) is 0 Å². The van der Waals surface area contributed by atoms with Gasteiger partial charge in [0.25, 0.3) is 5.91 Å². The van der Waals surface area contributed by atoms with Gasteiger partial charge < -0.3 is 14.5 Å². The number of nitrogens with zero attached hydrogens (tertiary/aromatic N) is 5. The molecule has 10 heteroatoms. The van der Waals surface area contributed by atoms with Gasteiger partial charge in [-0.2, -0.15) is 0 Å². The lowest BCUT2D eigenvalue weighted by Crippen LogP contribution is -2.52. The van der Waals surface area contributed by atoms with Crippen LogP contribution in [0.15, 0.2) is 24.4 Å². The van der Waals surface area contributed by atoms with Gasteiger partial charge in [-0.05, 0) is 24.6 Å². The van der Waals surface area contributed by atoms with Crippen molar-refractivity contribution < 1.29 is 14.3 Å². The SMILES string of the molecule is O=C1CCCN1Cc1cn(C2CN(C(=O)COc3ccc(Cl)cc3Cl)C2)nn1. The first-order valence-corrected chi connectivity index (χ1v) is 9.79. The van der Waals surface area contributed by atoms with E-state index in [0.29, 0.717) is 41.8 Å². The number of carbonyl (C=O) groups excluding carboxylic acids is 2. The maximum absolute atomic E-state index is 12.3. The van der Waals surface area contributed by atoms with E-state index >= 15 is 0 Å². The molecule has 0 N–H and O–H groups in total. The third kappa shape index (κ3) is 4.07. The van der Waals surface area contributed by atoms with Gasteiger partial charge in [-0.25, -0.2) is 4.68 Å². The van der Waals surface area contributed by atoms with E-state index in [-0.39, 0.29) is 24.5 Å². The first kappa shape index (κ1) is 19.0. The van der Waals surface area contributed by atoms with Crippen molar-refractivity contribution in [2.24, 2.45) is 0 Å². The maximum atomic E-state index is 12.3. The summed E-state index contributed by atoms with van der Waals surface area (Å²) in [7, 11) is 0. The summed E-state index contributed by atoms with van der Waals surface area (Å²) in [5, 5.41) is 9.17. The summed E-state index contributed by atoms with van der Waals surface area (Å²) in [5.41, 5.74) is 0.765. The minimum atomic E-state index is -0.120. The number of hydrogen-bond acceptors (Lipinski definition) is 5. The van der Waals surface area contributed by atoms with E-state index in [2.05, 4.69) is 10.3 Å². The zero-order chi connectivity index (χ0) is 19.7. The number of amides is 2. The van der Waals surface area contributed by atoms with Crippen LogP contribution in [-0.4, -0.2) is 62.8 Å². The molecule has 0 atom stereocenters. The molecule has 148 valence electrons. The lowest BCUT2D eigenvalue weighted by atomic mass is 10.1. The second-order valence-electron chi connectivity index (χ2n) is 6.92. The van der Waals surface area contributed by atoms with Gasteiger partial charge in [0.15, 0.2) is 6.61 Å². The Labute approximate surface area is 171 Å². The molecule has 0 bridgehead atoms. The first-order valence-electron chi connectivity index (χ1n) is 9.04. The second kappa shape index (κ2) is 7.97. The van der Waals surface area contributed by atoms with Crippen LogP contribution in [0.3, 0.4) is 0 Å². The molecular weight excluding hydrogens is 405 g/mol. The normalized spacial score (nSPS) is 17.1. The summed E-state index contributed by atoms with van der Waals surface area (Å²) < 4.78 is 7.25. The highest BCUT2D eigenvalue weighted by Crippen LogP contribution is 2.28. The fourth-order valence-electron chi connectivity index (χ4n) is 3.28. The van der Waals surface area contributed by atoms with Crippen LogP contribution in [0.5, 0.6) is 5.75 Å². The van der Waals surface area contributed by atoms with Crippen molar-refractivity contribution in [3.8, 4) is 5.75 Å². The molecule has 3 heterocycles. The molecule has 1 aromatic carbocycles. The molecule has 0 aliphatic carbocycles. The molecule has 0 unspecified atom stereocenters. The Morgan fingerprint density at radius 1 is 1.29 bits per heavy atom. The zero-order valence-electron chi connectivity index (χ0n) is 15.1. The smallest absolute Gasteiger partial charge is 0.260 e. The molecule has 0 spiro atoms. The third-order valence-electron chi connectivity index (χ3n) is 4.92. The quantitative estimate of drug-likeness (QED) is 0.710. The minimum absolute atomic E-state index is 0.0820. The first-order chi connectivity index (χ1) is 13.5. The van der Waals surface area contributed by atoms with Gasteiger partial charge in [0, 0.05) is 31.1 Å². The third-order valence-corrected chi connectivity index (χ3v) is 5.45. The van der Waals surface area contributed by atoms with Crippen molar-refractivity contribution in [1.82, 2.24) is 24.8 Å². The summed E-state index contributed by atoms with van der Waals surface area (Å²) in [6.07, 6.45) is 3.36. The van der Waals surface area contributed by atoms with Crippen molar-refractivity contribution in [3.63, 3.8) is 0 Å². The number of hydrogen-bond donors (Lipinski definition) is 0. The summed E-state index contributed by atoms with van der Waals surface area (Å²) in [6, 6.07) is 4.95. The average molecular weight is 424 g/mol. The molecule has 2 fully saturated rings. The number of ether oxygens (including phenoxy) is 1. The van der Waals surface area contributed by atoms with Gasteiger partial charge in [0.2, 0.25) is 5.91 Å². The zero-order valence-corrected chi connectivity index (χ0v) is 16.6. The summed E-state index contributed by atoms with van der Waals surface area (Å²) in [6.45, 7) is 2.26. The molecule has 8 nitrogen and oxygen atoms in total. The molecule has 2 aliphatic rings. The van der Waals surface area contributed by atoms with Crippen LogP contribution >= 0.6 is 23.2 Å². The van der Waals surface area contributed by atoms with Gasteiger partial charge in [-0.15, -0.1) is 5.10 Å². The van der Waals surface area contributed by atoms with Crippen molar-refractivity contribution in [2.45, 2.75) is 25.4 Å². The Morgan fingerprint density at radius 2 is 2.11 bits per heavy atom. The summed E-state index contributed by atoms with van der Waals surface area (Å²) >= 11 is 11.9. The number of rotatable bonds is 6. The fourth-order valence-corrected chi connectivity index (χ4v) is 3.74. The molecule has 2 aromatic rings. The standard InChI is InChI=1S/C18H19Cl2N5O3/c19-12-3-4-16(15(20)6-12)28-11-18(27)24-9-14(10-24)25-8-13(21-22-25)7-23-5-1-2-17(23)26/h3-4,6,8,14H,1-2,5,7,9-11H2. The number of benzene rings is 1. The van der Waals surface area contributed by atoms with E-state index in [4.69, 9.17) is 27.9 Å². The fraction of sp³-hybridized carbons (Fsp3) is 0.444. The predicted octanol–water partition coefficient (Wildman–Crippen LogP) is 2.17. The van der Waals surface area contributed by atoms with E-state index < -0.39 is 0 Å². The largest absolute Gasteiger partial charge is 0.482 e. The lowest BCUT2D eigenvalue weighted by Gasteiger charge is -2.38. The van der Waals surface area contributed by atoms with Crippen LogP contribution < -0.4 is 4.74 Å². The second-order valence-corrected chi connectivity index (χ2v) is 7.77. The van der Waals surface area contributed by atoms with Gasteiger partial charge in [0.1, 0.15) is 11.4 Å². The number of halogens is 2. The maximum Gasteiger partial charge on any atom is 0.260 e. The Kier molecular flexibility index (Phi) is 5.41. The lowest BCUT2D eigenvalue weighted by molar-refractivity contribution is -0.139. The minimum Gasteiger partial charge on any atom is -0.482 e. The average Bonchev–Trinajstić information content (AvgIpc) is 3.23. The van der Waals surface area contributed by atoms with E-state index in [9.17, 15) is 9.59 Å². The van der Waals surface area contributed by atoms with Gasteiger partial charge in [0.05, 0.1) is 23.8 Å². The van der Waals surface area contributed by atoms with Crippen LogP contribution in [-0.2, 0) is 16.1 Å². The van der Waals surface area contributed by atoms with Gasteiger partial charge in [-0.1, -0.05) is 28.4 Å². The van der Waals surface area contributed by atoms with Crippen LogP contribution in [0.2, 0.25) is 10.0 Å². The van der Waals surface area contributed by atoms with Crippen LogP contribution in [0.4, 0.5) is 0 Å². The highest BCUT2D eigenvalue weighted by molar-refractivity contribution is 6.35. The molecule has 0 saturated carbocycles. The summed E-state index contributed by atoms with van der Waals surface area (Å²) in [4.78, 5) is 27.5. The van der Waals surface area contributed by atoms with Crippen molar-refractivity contribution in [2.75, 3.05) is 26.2 Å². The highest BCUT2D eigenvalue weighted by atomic mass is 35.5. The molecule has 2 aliphatic heterocycles. The number of likely N-dealkylation sites (tertiary alicyclic amines) is 2. The number of carbonyl (C=O) groups is 2. The van der Waals surface area contributed by atoms with Crippen LogP contribution in [0.25, 0.3) is 0 Å². The van der Waals surface area contributed by atoms with Crippen molar-refractivity contribution >= 4 is 35.0 Å². The molecule has 0 radical (unpaired) electrons. The van der Waals surface area contributed by atoms with Crippen molar-refractivity contribution in [1.29, 1.82) is 0 Å². The number of aromatic nitrogens is 3. The van der Waals surface area contributed by atoms with Gasteiger partial charge in [-0.3, -0.25) is 9.59 Å². The summed E-state index contributed by atoms with van der Waals surface area (Å²) in [5.74, 6) is 0.467. The van der Waals surface area contributed by atoms with E-state index in [1.54, 1.807) is 32.7 Å². The highest BCUT2D eigenvalue weighted by Gasteiger charge is 2.33. The van der Waals surface area contributed by atoms with Gasteiger partial charge >= 0.3 is 0 Å². The molecular formula is C18H19Cl2N5O3. The van der Waals surface area contributed by atoms with E-state index in [0.717, 1.165) is 18.7 Å². The Morgan fingerprint density at radius 3 is 2.82 bits per heavy atom. The Bertz CT molecular complexity index is 897. The molecule has 4 rings (SSSR count). The van der Waals surface area contributed by atoms with Crippen molar-refractivity contribution in [3.05, 3.63) is 40.1 Å². The van der Waals surface area contributed by atoms with Crippen LogP contribution in [0, 0.1) is 0 Å². The molecule has 2 amide bonds. The van der Waals surface area contributed by atoms with E-state index in [1.807, 2.05) is 6.20 Å². The molecule has 2 saturated heterocycles. The molecule has 28 heavy (non-hydrogen) atoms. The predicted molar refractivity (Wildman–Crippen MR) is 102 cm³/mol. The molecule has 1 aromatic heterocycles. The Hall–Kier alpha value is -2.32.